The van der Waals surface area contributed by atoms with Crippen LogP contribution in [0.25, 0.3) is 0 Å². The molecule has 0 aliphatic rings. The smallest absolute Gasteiger partial charge is 0.129 e. The zero-order chi connectivity index (χ0) is 14.2. The van der Waals surface area contributed by atoms with Gasteiger partial charge in [0, 0.05) is 12.7 Å². The predicted octanol–water partition coefficient (Wildman–Crippen LogP) is 2.97. The third kappa shape index (κ3) is 3.78. The van der Waals surface area contributed by atoms with E-state index in [1.165, 1.54) is 5.56 Å². The molecule has 1 unspecified atom stereocenters. The van der Waals surface area contributed by atoms with E-state index in [1.807, 2.05) is 6.07 Å². The Balaban J connectivity index is 2.11. The van der Waals surface area contributed by atoms with Gasteiger partial charge >= 0.3 is 0 Å². The largest absolute Gasteiger partial charge is 0.368 e. The molecule has 1 heterocycles. The van der Waals surface area contributed by atoms with Crippen molar-refractivity contribution in [1.29, 1.82) is 0 Å². The van der Waals surface area contributed by atoms with Crippen LogP contribution in [0, 0.1) is 0 Å². The number of hydrogen-bond donors (Lipinski definition) is 1. The molecular formula is C16H22N4. The molecule has 4 heteroatoms. The van der Waals surface area contributed by atoms with Crippen LogP contribution in [-0.2, 0) is 0 Å². The lowest BCUT2D eigenvalue weighted by molar-refractivity contribution is 0.228. The molecule has 0 bridgehead atoms. The van der Waals surface area contributed by atoms with E-state index in [-0.39, 0.29) is 0 Å². The lowest BCUT2D eigenvalue weighted by Crippen LogP contribution is -2.33. The summed E-state index contributed by atoms with van der Waals surface area (Å²) in [5.74, 6) is 0.869. The number of nitrogens with zero attached hydrogens (tertiary/aromatic N) is 3. The number of rotatable bonds is 7. The predicted molar refractivity (Wildman–Crippen MR) is 82.6 cm³/mol. The van der Waals surface area contributed by atoms with Gasteiger partial charge in [0.25, 0.3) is 0 Å². The Morgan fingerprint density at radius 3 is 2.45 bits per heavy atom. The highest BCUT2D eigenvalue weighted by Crippen LogP contribution is 2.20. The molecular weight excluding hydrogens is 248 g/mol. The Hall–Kier alpha value is -1.94. The van der Waals surface area contributed by atoms with E-state index in [0.717, 1.165) is 25.5 Å². The van der Waals surface area contributed by atoms with Crippen LogP contribution in [0.15, 0.2) is 48.9 Å². The highest BCUT2D eigenvalue weighted by atomic mass is 15.2. The maximum absolute atomic E-state index is 4.21. The maximum atomic E-state index is 4.21. The first-order chi connectivity index (χ1) is 9.85. The first kappa shape index (κ1) is 14.5. The van der Waals surface area contributed by atoms with Gasteiger partial charge in [0.1, 0.15) is 12.1 Å². The van der Waals surface area contributed by atoms with Gasteiger partial charge in [-0.1, -0.05) is 44.2 Å². The molecule has 2 rings (SSSR count). The molecule has 1 aromatic carbocycles. The topological polar surface area (TPSA) is 41.0 Å². The van der Waals surface area contributed by atoms with E-state index in [4.69, 9.17) is 0 Å². The summed E-state index contributed by atoms with van der Waals surface area (Å²) in [6.07, 6.45) is 3.32. The molecule has 0 fully saturated rings. The molecule has 2 aromatic rings. The minimum Gasteiger partial charge on any atom is -0.368 e. The minimum absolute atomic E-state index is 0.348. The number of nitrogens with one attached hydrogen (secondary N) is 1. The van der Waals surface area contributed by atoms with Crippen LogP contribution >= 0.6 is 0 Å². The van der Waals surface area contributed by atoms with E-state index in [0.29, 0.717) is 6.04 Å². The highest BCUT2D eigenvalue weighted by molar-refractivity contribution is 5.33. The van der Waals surface area contributed by atoms with Crippen molar-refractivity contribution in [2.24, 2.45) is 0 Å². The van der Waals surface area contributed by atoms with Gasteiger partial charge in [0.15, 0.2) is 0 Å². The zero-order valence-electron chi connectivity index (χ0n) is 12.2. The molecule has 1 atom stereocenters. The Bertz CT molecular complexity index is 482. The number of aromatic nitrogens is 2. The minimum atomic E-state index is 0.348. The molecule has 0 aliphatic carbocycles. The molecule has 0 radical (unpaired) electrons. The molecule has 1 N–H and O–H groups in total. The Morgan fingerprint density at radius 1 is 1.10 bits per heavy atom. The van der Waals surface area contributed by atoms with Gasteiger partial charge in [0.2, 0.25) is 0 Å². The molecule has 1 aromatic heterocycles. The molecule has 0 amide bonds. The molecule has 0 aliphatic heterocycles. The second-order valence-electron chi connectivity index (χ2n) is 4.62. The van der Waals surface area contributed by atoms with E-state index in [1.54, 1.807) is 12.5 Å². The Kier molecular flexibility index (Phi) is 5.50. The van der Waals surface area contributed by atoms with Crippen molar-refractivity contribution in [2.45, 2.75) is 19.9 Å². The fraction of sp³-hybridized carbons (Fsp3) is 0.375. The van der Waals surface area contributed by atoms with Crippen LogP contribution in [0.5, 0.6) is 0 Å². The van der Waals surface area contributed by atoms with Crippen LogP contribution in [0.2, 0.25) is 0 Å². The zero-order valence-corrected chi connectivity index (χ0v) is 12.2. The first-order valence-corrected chi connectivity index (χ1v) is 7.14. The Labute approximate surface area is 120 Å². The monoisotopic (exact) mass is 270 g/mol. The van der Waals surface area contributed by atoms with Gasteiger partial charge in [-0.3, -0.25) is 4.90 Å². The van der Waals surface area contributed by atoms with Crippen molar-refractivity contribution in [2.75, 3.05) is 25.0 Å². The summed E-state index contributed by atoms with van der Waals surface area (Å²) in [5.41, 5.74) is 1.33. The third-order valence-corrected chi connectivity index (χ3v) is 3.50. The van der Waals surface area contributed by atoms with Crippen molar-refractivity contribution in [3.8, 4) is 0 Å². The van der Waals surface area contributed by atoms with E-state index in [9.17, 15) is 0 Å². The van der Waals surface area contributed by atoms with Gasteiger partial charge in [-0.05, 0) is 24.7 Å². The standard InChI is InChI=1S/C16H22N4/c1-3-20(4-2)15(14-8-6-5-7-9-14)12-18-16-10-11-17-13-19-16/h5-11,13,15H,3-4,12H2,1-2H3,(H,17,18,19). The molecule has 20 heavy (non-hydrogen) atoms. The van der Waals surface area contributed by atoms with Crippen LogP contribution in [0.3, 0.4) is 0 Å². The molecule has 4 nitrogen and oxygen atoms in total. The SMILES string of the molecule is CCN(CC)C(CNc1ccncn1)c1ccccc1. The average Bonchev–Trinajstić information content (AvgIpc) is 2.53. The lowest BCUT2D eigenvalue weighted by Gasteiger charge is -2.30. The van der Waals surface area contributed by atoms with Crippen molar-refractivity contribution < 1.29 is 0 Å². The maximum Gasteiger partial charge on any atom is 0.129 e. The van der Waals surface area contributed by atoms with Crippen molar-refractivity contribution in [3.05, 3.63) is 54.5 Å². The number of likely N-dealkylation sites (N-methyl/N-ethyl adjacent to an activating group) is 1. The van der Waals surface area contributed by atoms with E-state index >= 15 is 0 Å². The first-order valence-electron chi connectivity index (χ1n) is 7.14. The molecule has 0 saturated carbocycles. The van der Waals surface area contributed by atoms with Gasteiger partial charge in [0.05, 0.1) is 6.04 Å². The summed E-state index contributed by atoms with van der Waals surface area (Å²) in [4.78, 5) is 10.6. The van der Waals surface area contributed by atoms with E-state index < -0.39 is 0 Å². The molecule has 0 saturated heterocycles. The summed E-state index contributed by atoms with van der Waals surface area (Å²) in [5, 5.41) is 3.40. The van der Waals surface area contributed by atoms with Crippen LogP contribution in [0.4, 0.5) is 5.82 Å². The summed E-state index contributed by atoms with van der Waals surface area (Å²) >= 11 is 0. The fourth-order valence-electron chi connectivity index (χ4n) is 2.39. The van der Waals surface area contributed by atoms with Crippen LogP contribution in [-0.4, -0.2) is 34.5 Å². The number of anilines is 1. The van der Waals surface area contributed by atoms with Crippen molar-refractivity contribution in [1.82, 2.24) is 14.9 Å². The Morgan fingerprint density at radius 2 is 1.85 bits per heavy atom. The van der Waals surface area contributed by atoms with Gasteiger partial charge < -0.3 is 5.32 Å². The van der Waals surface area contributed by atoms with E-state index in [2.05, 4.69) is 64.4 Å². The highest BCUT2D eigenvalue weighted by Gasteiger charge is 2.17. The van der Waals surface area contributed by atoms with Crippen LogP contribution in [0.1, 0.15) is 25.5 Å². The third-order valence-electron chi connectivity index (χ3n) is 3.50. The normalized spacial score (nSPS) is 12.3. The van der Waals surface area contributed by atoms with Crippen LogP contribution < -0.4 is 5.32 Å². The second kappa shape index (κ2) is 7.60. The summed E-state index contributed by atoms with van der Waals surface area (Å²) < 4.78 is 0. The fourth-order valence-corrected chi connectivity index (χ4v) is 2.39. The summed E-state index contributed by atoms with van der Waals surface area (Å²) in [6, 6.07) is 12.9. The van der Waals surface area contributed by atoms with Gasteiger partial charge in [-0.15, -0.1) is 0 Å². The van der Waals surface area contributed by atoms with Crippen molar-refractivity contribution in [3.63, 3.8) is 0 Å². The van der Waals surface area contributed by atoms with Gasteiger partial charge in [-0.2, -0.15) is 0 Å². The van der Waals surface area contributed by atoms with Gasteiger partial charge in [-0.25, -0.2) is 9.97 Å². The lowest BCUT2D eigenvalue weighted by atomic mass is 10.1. The average molecular weight is 270 g/mol. The number of benzene rings is 1. The number of hydrogen-bond acceptors (Lipinski definition) is 4. The quantitative estimate of drug-likeness (QED) is 0.840. The second-order valence-corrected chi connectivity index (χ2v) is 4.62. The van der Waals surface area contributed by atoms with Crippen molar-refractivity contribution >= 4 is 5.82 Å². The molecule has 0 spiro atoms. The summed E-state index contributed by atoms with van der Waals surface area (Å²) in [6.45, 7) is 7.29. The summed E-state index contributed by atoms with van der Waals surface area (Å²) in [7, 11) is 0. The molecule has 106 valence electrons.